The molecule has 0 fully saturated rings. The summed E-state index contributed by atoms with van der Waals surface area (Å²) in [7, 11) is -3.68. The third kappa shape index (κ3) is 3.66. The van der Waals surface area contributed by atoms with Crippen LogP contribution in [0.4, 0.5) is 0 Å². The standard InChI is InChI=1S/C20H24N2O3S/c1-3-21-20(23)14-19-18-7-5-4-6-16(18)12-13-22(19)26(24,25)17-10-8-15(2)9-11-17/h4-11,19H,3,12-14H2,1-2H3,(H,21,23)/t19-/m0/s1. The summed E-state index contributed by atoms with van der Waals surface area (Å²) < 4.78 is 28.0. The summed E-state index contributed by atoms with van der Waals surface area (Å²) in [5, 5.41) is 2.78. The van der Waals surface area contributed by atoms with Crippen molar-refractivity contribution in [3.63, 3.8) is 0 Å². The Morgan fingerprint density at radius 2 is 1.85 bits per heavy atom. The second kappa shape index (κ2) is 7.60. The summed E-state index contributed by atoms with van der Waals surface area (Å²) >= 11 is 0. The van der Waals surface area contributed by atoms with Gasteiger partial charge in [-0.05, 0) is 43.5 Å². The fraction of sp³-hybridized carbons (Fsp3) is 0.350. The summed E-state index contributed by atoms with van der Waals surface area (Å²) in [6, 6.07) is 14.2. The van der Waals surface area contributed by atoms with E-state index in [1.807, 2.05) is 38.1 Å². The van der Waals surface area contributed by atoms with Crippen molar-refractivity contribution in [1.29, 1.82) is 0 Å². The second-order valence-electron chi connectivity index (χ2n) is 6.55. The molecule has 1 heterocycles. The van der Waals surface area contributed by atoms with Crippen LogP contribution in [0.25, 0.3) is 0 Å². The number of sulfonamides is 1. The van der Waals surface area contributed by atoms with E-state index < -0.39 is 16.1 Å². The maximum Gasteiger partial charge on any atom is 0.243 e. The molecule has 1 aliphatic heterocycles. The van der Waals surface area contributed by atoms with Gasteiger partial charge in [-0.25, -0.2) is 8.42 Å². The fourth-order valence-corrected chi connectivity index (χ4v) is 5.02. The number of amides is 1. The first-order valence-corrected chi connectivity index (χ1v) is 10.3. The maximum atomic E-state index is 13.3. The Kier molecular flexibility index (Phi) is 5.44. The Morgan fingerprint density at radius 3 is 2.54 bits per heavy atom. The lowest BCUT2D eigenvalue weighted by molar-refractivity contribution is -0.121. The molecule has 6 heteroatoms. The summed E-state index contributed by atoms with van der Waals surface area (Å²) in [5.74, 6) is -0.140. The van der Waals surface area contributed by atoms with E-state index in [1.165, 1.54) is 4.31 Å². The minimum absolute atomic E-state index is 0.121. The van der Waals surface area contributed by atoms with Crippen LogP contribution in [0.3, 0.4) is 0 Å². The smallest absolute Gasteiger partial charge is 0.243 e. The second-order valence-corrected chi connectivity index (χ2v) is 8.44. The van der Waals surface area contributed by atoms with Gasteiger partial charge >= 0.3 is 0 Å². The first kappa shape index (κ1) is 18.6. The minimum atomic E-state index is -3.68. The van der Waals surface area contributed by atoms with E-state index in [2.05, 4.69) is 5.32 Å². The highest BCUT2D eigenvalue weighted by Crippen LogP contribution is 2.36. The van der Waals surface area contributed by atoms with Crippen molar-refractivity contribution in [3.05, 3.63) is 65.2 Å². The van der Waals surface area contributed by atoms with Gasteiger partial charge in [-0.15, -0.1) is 0 Å². The van der Waals surface area contributed by atoms with Crippen LogP contribution in [0.2, 0.25) is 0 Å². The largest absolute Gasteiger partial charge is 0.356 e. The highest BCUT2D eigenvalue weighted by atomic mass is 32.2. The van der Waals surface area contributed by atoms with Gasteiger partial charge in [0, 0.05) is 19.5 Å². The average molecular weight is 372 g/mol. The number of rotatable bonds is 5. The molecule has 1 N–H and O–H groups in total. The SMILES string of the molecule is CCNC(=O)C[C@H]1c2ccccc2CCN1S(=O)(=O)c1ccc(C)cc1. The van der Waals surface area contributed by atoms with Crippen molar-refractivity contribution in [1.82, 2.24) is 9.62 Å². The number of benzene rings is 2. The quantitative estimate of drug-likeness (QED) is 0.878. The molecule has 1 aliphatic rings. The zero-order valence-corrected chi connectivity index (χ0v) is 15.9. The van der Waals surface area contributed by atoms with E-state index >= 15 is 0 Å². The van der Waals surface area contributed by atoms with Gasteiger partial charge in [0.05, 0.1) is 10.9 Å². The number of aryl methyl sites for hydroxylation is 1. The Bertz CT molecular complexity index is 892. The zero-order chi connectivity index (χ0) is 18.7. The van der Waals surface area contributed by atoms with Gasteiger partial charge in [-0.3, -0.25) is 4.79 Å². The number of nitrogens with one attached hydrogen (secondary N) is 1. The number of hydrogen-bond acceptors (Lipinski definition) is 3. The van der Waals surface area contributed by atoms with E-state index in [0.717, 1.165) is 16.7 Å². The number of fused-ring (bicyclic) bond motifs is 1. The molecule has 0 saturated carbocycles. The molecular weight excluding hydrogens is 348 g/mol. The van der Waals surface area contributed by atoms with Crippen molar-refractivity contribution >= 4 is 15.9 Å². The van der Waals surface area contributed by atoms with E-state index in [-0.39, 0.29) is 17.2 Å². The Balaban J connectivity index is 2.01. The first-order chi connectivity index (χ1) is 12.4. The predicted molar refractivity (Wildman–Crippen MR) is 101 cm³/mol. The lowest BCUT2D eigenvalue weighted by Crippen LogP contribution is -2.42. The first-order valence-electron chi connectivity index (χ1n) is 8.86. The number of carbonyl (C=O) groups excluding carboxylic acids is 1. The summed E-state index contributed by atoms with van der Waals surface area (Å²) in [6.07, 6.45) is 0.767. The highest BCUT2D eigenvalue weighted by Gasteiger charge is 2.37. The highest BCUT2D eigenvalue weighted by molar-refractivity contribution is 7.89. The van der Waals surface area contributed by atoms with Gasteiger partial charge in [0.25, 0.3) is 0 Å². The third-order valence-electron chi connectivity index (χ3n) is 4.74. The van der Waals surface area contributed by atoms with Crippen molar-refractivity contribution in [3.8, 4) is 0 Å². The summed E-state index contributed by atoms with van der Waals surface area (Å²) in [4.78, 5) is 12.5. The van der Waals surface area contributed by atoms with Gasteiger partial charge in [0.1, 0.15) is 0 Å². The molecule has 5 nitrogen and oxygen atoms in total. The van der Waals surface area contributed by atoms with E-state index in [0.29, 0.717) is 19.5 Å². The van der Waals surface area contributed by atoms with Crippen molar-refractivity contribution < 1.29 is 13.2 Å². The molecule has 1 amide bonds. The van der Waals surface area contributed by atoms with Gasteiger partial charge in [0.15, 0.2) is 0 Å². The molecule has 3 rings (SSSR count). The molecule has 0 aliphatic carbocycles. The third-order valence-corrected chi connectivity index (χ3v) is 6.67. The molecule has 2 aromatic carbocycles. The van der Waals surface area contributed by atoms with Crippen LogP contribution in [0, 0.1) is 6.92 Å². The molecule has 2 aromatic rings. The molecule has 0 unspecified atom stereocenters. The molecule has 0 radical (unpaired) electrons. The van der Waals surface area contributed by atoms with Crippen LogP contribution >= 0.6 is 0 Å². The number of nitrogens with zero attached hydrogens (tertiary/aromatic N) is 1. The number of hydrogen-bond donors (Lipinski definition) is 1. The van der Waals surface area contributed by atoms with Crippen molar-refractivity contribution in [2.75, 3.05) is 13.1 Å². The summed E-state index contributed by atoms with van der Waals surface area (Å²) in [5.41, 5.74) is 3.03. The van der Waals surface area contributed by atoms with Crippen molar-refractivity contribution in [2.45, 2.75) is 37.6 Å². The van der Waals surface area contributed by atoms with E-state index in [9.17, 15) is 13.2 Å². The van der Waals surface area contributed by atoms with E-state index in [1.54, 1.807) is 24.3 Å². The Morgan fingerprint density at radius 1 is 1.15 bits per heavy atom. The van der Waals surface area contributed by atoms with Crippen LogP contribution in [0.5, 0.6) is 0 Å². The van der Waals surface area contributed by atoms with Gasteiger partial charge in [-0.2, -0.15) is 4.31 Å². The Hall–Kier alpha value is -2.18. The van der Waals surface area contributed by atoms with Crippen LogP contribution in [-0.4, -0.2) is 31.7 Å². The Labute approximate surface area is 155 Å². The van der Waals surface area contributed by atoms with Crippen LogP contribution in [-0.2, 0) is 21.2 Å². The summed E-state index contributed by atoms with van der Waals surface area (Å²) in [6.45, 7) is 4.67. The molecule has 0 saturated heterocycles. The monoisotopic (exact) mass is 372 g/mol. The van der Waals surface area contributed by atoms with Crippen LogP contribution < -0.4 is 5.32 Å². The molecule has 1 atom stereocenters. The molecule has 138 valence electrons. The molecule has 0 spiro atoms. The predicted octanol–water partition coefficient (Wildman–Crippen LogP) is 2.81. The average Bonchev–Trinajstić information content (AvgIpc) is 2.62. The van der Waals surface area contributed by atoms with Gasteiger partial charge in [0.2, 0.25) is 15.9 Å². The topological polar surface area (TPSA) is 66.5 Å². The maximum absolute atomic E-state index is 13.3. The fourth-order valence-electron chi connectivity index (χ4n) is 3.42. The molecule has 0 aromatic heterocycles. The molecular formula is C20H24N2O3S. The van der Waals surface area contributed by atoms with Crippen molar-refractivity contribution in [2.24, 2.45) is 0 Å². The lowest BCUT2D eigenvalue weighted by Gasteiger charge is -2.36. The lowest BCUT2D eigenvalue weighted by atomic mass is 9.92. The van der Waals surface area contributed by atoms with Crippen LogP contribution in [0.1, 0.15) is 36.1 Å². The van der Waals surface area contributed by atoms with Gasteiger partial charge in [-0.1, -0.05) is 42.0 Å². The van der Waals surface area contributed by atoms with Gasteiger partial charge < -0.3 is 5.32 Å². The zero-order valence-electron chi connectivity index (χ0n) is 15.1. The number of carbonyl (C=O) groups is 1. The van der Waals surface area contributed by atoms with E-state index in [4.69, 9.17) is 0 Å². The normalized spacial score (nSPS) is 17.5. The van der Waals surface area contributed by atoms with Crippen LogP contribution in [0.15, 0.2) is 53.4 Å². The molecule has 26 heavy (non-hydrogen) atoms. The minimum Gasteiger partial charge on any atom is -0.356 e. The molecule has 0 bridgehead atoms.